The van der Waals surface area contributed by atoms with Crippen LogP contribution >= 0.6 is 0 Å². The van der Waals surface area contributed by atoms with Gasteiger partial charge in [0.25, 0.3) is 0 Å². The molecule has 1 atom stereocenters. The number of hydrogen-bond donors (Lipinski definition) is 2. The number of aromatic nitrogens is 3. The first-order valence-corrected chi connectivity index (χ1v) is 7.57. The van der Waals surface area contributed by atoms with Crippen molar-refractivity contribution >= 4 is 5.91 Å². The van der Waals surface area contributed by atoms with Gasteiger partial charge in [0.05, 0.1) is 11.9 Å². The van der Waals surface area contributed by atoms with Crippen LogP contribution < -0.4 is 11.1 Å². The van der Waals surface area contributed by atoms with Gasteiger partial charge in [-0.05, 0) is 25.7 Å². The minimum atomic E-state index is -0.00443. The largest absolute Gasteiger partial charge is 0.352 e. The number of amides is 1. The molecule has 0 aliphatic heterocycles. The monoisotopic (exact) mass is 279 g/mol. The molecule has 1 heterocycles. The Morgan fingerprint density at radius 1 is 1.45 bits per heavy atom. The van der Waals surface area contributed by atoms with E-state index in [9.17, 15) is 4.79 Å². The second kappa shape index (κ2) is 7.38. The lowest BCUT2D eigenvalue weighted by Gasteiger charge is -2.23. The third-order valence-corrected chi connectivity index (χ3v) is 4.10. The zero-order chi connectivity index (χ0) is 14.4. The van der Waals surface area contributed by atoms with Gasteiger partial charge < -0.3 is 11.1 Å². The highest BCUT2D eigenvalue weighted by Crippen LogP contribution is 2.25. The molecule has 1 amide bonds. The van der Waals surface area contributed by atoms with Crippen molar-refractivity contribution in [3.63, 3.8) is 0 Å². The number of carbonyl (C=O) groups is 1. The summed E-state index contributed by atoms with van der Waals surface area (Å²) in [5.74, 6) is 0.604. The van der Waals surface area contributed by atoms with Crippen molar-refractivity contribution in [2.75, 3.05) is 0 Å². The van der Waals surface area contributed by atoms with Crippen LogP contribution in [-0.4, -0.2) is 26.9 Å². The van der Waals surface area contributed by atoms with Gasteiger partial charge in [-0.25, -0.2) is 4.68 Å². The number of nitrogens with zero attached hydrogens (tertiary/aromatic N) is 3. The van der Waals surface area contributed by atoms with Crippen molar-refractivity contribution < 1.29 is 4.79 Å². The molecular weight excluding hydrogens is 254 g/mol. The van der Waals surface area contributed by atoms with Crippen LogP contribution in [0.1, 0.15) is 51.1 Å². The molecular formula is C14H25N5O. The van der Waals surface area contributed by atoms with Gasteiger partial charge in [-0.3, -0.25) is 4.79 Å². The van der Waals surface area contributed by atoms with Crippen LogP contribution in [0.2, 0.25) is 0 Å². The molecule has 1 aromatic rings. The molecule has 1 saturated carbocycles. The summed E-state index contributed by atoms with van der Waals surface area (Å²) in [4.78, 5) is 12.0. The highest BCUT2D eigenvalue weighted by atomic mass is 16.2. The lowest BCUT2D eigenvalue weighted by molar-refractivity contribution is -0.122. The molecule has 112 valence electrons. The number of hydrogen-bond acceptors (Lipinski definition) is 4. The Labute approximate surface area is 120 Å². The summed E-state index contributed by atoms with van der Waals surface area (Å²) in [6.45, 7) is 2.67. The summed E-state index contributed by atoms with van der Waals surface area (Å²) >= 11 is 0. The number of nitrogens with two attached hydrogens (primary N) is 1. The van der Waals surface area contributed by atoms with Gasteiger partial charge in [0.15, 0.2) is 0 Å². The fraction of sp³-hybridized carbons (Fsp3) is 0.786. The second-order valence-corrected chi connectivity index (χ2v) is 5.72. The normalized spacial score (nSPS) is 18.5. The number of nitrogens with one attached hydrogen (secondary N) is 1. The Bertz CT molecular complexity index is 423. The van der Waals surface area contributed by atoms with E-state index in [0.29, 0.717) is 18.2 Å². The highest BCUT2D eigenvalue weighted by Gasteiger charge is 2.20. The maximum Gasteiger partial charge on any atom is 0.242 e. The van der Waals surface area contributed by atoms with Crippen LogP contribution in [-0.2, 0) is 17.9 Å². The molecule has 6 heteroatoms. The zero-order valence-electron chi connectivity index (χ0n) is 12.2. The van der Waals surface area contributed by atoms with Gasteiger partial charge in [-0.15, -0.1) is 5.10 Å². The molecule has 2 rings (SSSR count). The minimum absolute atomic E-state index is 0.00443. The van der Waals surface area contributed by atoms with E-state index >= 15 is 0 Å². The van der Waals surface area contributed by atoms with Crippen molar-refractivity contribution in [1.82, 2.24) is 20.3 Å². The van der Waals surface area contributed by atoms with Crippen LogP contribution in [0.3, 0.4) is 0 Å². The van der Waals surface area contributed by atoms with Crippen molar-refractivity contribution in [1.29, 1.82) is 0 Å². The summed E-state index contributed by atoms with van der Waals surface area (Å²) in [5.41, 5.74) is 6.17. The first-order chi connectivity index (χ1) is 9.69. The van der Waals surface area contributed by atoms with Gasteiger partial charge >= 0.3 is 0 Å². The predicted octanol–water partition coefficient (Wildman–Crippen LogP) is 1.21. The summed E-state index contributed by atoms with van der Waals surface area (Å²) in [6.07, 6.45) is 9.40. The van der Waals surface area contributed by atoms with Crippen molar-refractivity contribution in [2.45, 2.75) is 64.6 Å². The van der Waals surface area contributed by atoms with Gasteiger partial charge in [-0.2, -0.15) is 0 Å². The Morgan fingerprint density at radius 2 is 2.15 bits per heavy atom. The molecule has 1 aliphatic rings. The van der Waals surface area contributed by atoms with Crippen molar-refractivity contribution in [2.24, 2.45) is 11.7 Å². The van der Waals surface area contributed by atoms with Gasteiger partial charge in [0, 0.05) is 12.6 Å². The van der Waals surface area contributed by atoms with E-state index in [-0.39, 0.29) is 18.5 Å². The molecule has 3 N–H and O–H groups in total. The molecule has 0 unspecified atom stereocenters. The molecule has 0 radical (unpaired) electrons. The third-order valence-electron chi connectivity index (χ3n) is 4.10. The SMILES string of the molecule is C[C@@H](NC(=O)Cn1cc(CN)nn1)C1CCCCCC1. The fourth-order valence-electron chi connectivity index (χ4n) is 2.88. The molecule has 0 spiro atoms. The van der Waals surface area contributed by atoms with Crippen LogP contribution in [0.25, 0.3) is 0 Å². The maximum absolute atomic E-state index is 12.0. The molecule has 1 fully saturated rings. The van der Waals surface area contributed by atoms with Crippen LogP contribution in [0.5, 0.6) is 0 Å². The average Bonchev–Trinajstić information content (AvgIpc) is 2.71. The van der Waals surface area contributed by atoms with Crippen molar-refractivity contribution in [3.05, 3.63) is 11.9 Å². The molecule has 20 heavy (non-hydrogen) atoms. The number of rotatable bonds is 5. The lowest BCUT2D eigenvalue weighted by Crippen LogP contribution is -2.39. The smallest absolute Gasteiger partial charge is 0.242 e. The Balaban J connectivity index is 1.80. The van der Waals surface area contributed by atoms with Crippen molar-refractivity contribution in [3.8, 4) is 0 Å². The average molecular weight is 279 g/mol. The van der Waals surface area contributed by atoms with Crippen LogP contribution in [0, 0.1) is 5.92 Å². The molecule has 6 nitrogen and oxygen atoms in total. The topological polar surface area (TPSA) is 85.8 Å². The van der Waals surface area contributed by atoms with E-state index in [0.717, 1.165) is 0 Å². The fourth-order valence-corrected chi connectivity index (χ4v) is 2.88. The zero-order valence-corrected chi connectivity index (χ0v) is 12.2. The molecule has 1 aliphatic carbocycles. The molecule has 0 aromatic carbocycles. The summed E-state index contributed by atoms with van der Waals surface area (Å²) < 4.78 is 1.54. The first-order valence-electron chi connectivity index (χ1n) is 7.57. The quantitative estimate of drug-likeness (QED) is 0.793. The predicted molar refractivity (Wildman–Crippen MR) is 76.7 cm³/mol. The van der Waals surface area contributed by atoms with Crippen LogP contribution in [0.4, 0.5) is 0 Å². The van der Waals surface area contributed by atoms with Gasteiger partial charge in [-0.1, -0.05) is 30.9 Å². The van der Waals surface area contributed by atoms with Crippen LogP contribution in [0.15, 0.2) is 6.20 Å². The highest BCUT2D eigenvalue weighted by molar-refractivity contribution is 5.75. The van der Waals surface area contributed by atoms with E-state index in [2.05, 4.69) is 22.6 Å². The van der Waals surface area contributed by atoms with Gasteiger partial charge in [0.1, 0.15) is 6.54 Å². The van der Waals surface area contributed by atoms with E-state index < -0.39 is 0 Å². The van der Waals surface area contributed by atoms with Gasteiger partial charge in [0.2, 0.25) is 5.91 Å². The summed E-state index contributed by atoms with van der Waals surface area (Å²) in [7, 11) is 0. The first kappa shape index (κ1) is 15.0. The molecule has 0 saturated heterocycles. The minimum Gasteiger partial charge on any atom is -0.352 e. The van der Waals surface area contributed by atoms with E-state index in [4.69, 9.17) is 5.73 Å². The summed E-state index contributed by atoms with van der Waals surface area (Å²) in [5, 5.41) is 10.9. The van der Waals surface area contributed by atoms with E-state index in [1.165, 1.54) is 43.2 Å². The second-order valence-electron chi connectivity index (χ2n) is 5.72. The third kappa shape index (κ3) is 4.30. The van der Waals surface area contributed by atoms with E-state index in [1.54, 1.807) is 6.20 Å². The standard InChI is InChI=1S/C14H25N5O/c1-11(12-6-4-2-3-5-7-12)16-14(20)10-19-9-13(8-15)17-18-19/h9,11-12H,2-8,10,15H2,1H3,(H,16,20)/t11-/m1/s1. The molecule has 0 bridgehead atoms. The lowest BCUT2D eigenvalue weighted by atomic mass is 9.93. The Morgan fingerprint density at radius 3 is 2.75 bits per heavy atom. The maximum atomic E-state index is 12.0. The summed E-state index contributed by atoms with van der Waals surface area (Å²) in [6, 6.07) is 0.234. The Hall–Kier alpha value is -1.43. The molecule has 1 aromatic heterocycles. The number of carbonyl (C=O) groups excluding carboxylic acids is 1. The Kier molecular flexibility index (Phi) is 5.52. The van der Waals surface area contributed by atoms with E-state index in [1.807, 2.05) is 0 Å².